The van der Waals surface area contributed by atoms with Crippen LogP contribution in [0.4, 0.5) is 0 Å². The van der Waals surface area contributed by atoms with Gasteiger partial charge in [-0.25, -0.2) is 0 Å². The van der Waals surface area contributed by atoms with Crippen LogP contribution in [0.15, 0.2) is 60.8 Å². The Kier molecular flexibility index (Phi) is 48.9. The summed E-state index contributed by atoms with van der Waals surface area (Å²) in [5.41, 5.74) is 0. The molecule has 5 heteroatoms. The molecular weight excluding hydrogens is 741 g/mol. The number of allylic oxidation sites excluding steroid dienone is 10. The van der Waals surface area contributed by atoms with Crippen LogP contribution >= 0.6 is 0 Å². The number of rotatable bonds is 47. The first-order chi connectivity index (χ1) is 29.6. The van der Waals surface area contributed by atoms with Crippen molar-refractivity contribution in [2.45, 2.75) is 258 Å². The van der Waals surface area contributed by atoms with Crippen molar-refractivity contribution in [3.63, 3.8) is 0 Å². The summed E-state index contributed by atoms with van der Waals surface area (Å²) in [6, 6.07) is 0. The Hall–Kier alpha value is -2.40. The van der Waals surface area contributed by atoms with E-state index in [4.69, 9.17) is 14.2 Å². The molecular formula is C55H98O5. The van der Waals surface area contributed by atoms with Crippen molar-refractivity contribution in [3.05, 3.63) is 60.8 Å². The van der Waals surface area contributed by atoms with Crippen LogP contribution in [0.1, 0.15) is 252 Å². The molecule has 0 saturated heterocycles. The molecule has 5 nitrogen and oxygen atoms in total. The van der Waals surface area contributed by atoms with Crippen molar-refractivity contribution in [1.82, 2.24) is 0 Å². The summed E-state index contributed by atoms with van der Waals surface area (Å²) in [4.78, 5) is 25.4. The number of esters is 2. The molecule has 348 valence electrons. The molecule has 60 heavy (non-hydrogen) atoms. The number of ether oxygens (including phenoxy) is 3. The van der Waals surface area contributed by atoms with E-state index in [1.807, 2.05) is 0 Å². The van der Waals surface area contributed by atoms with Gasteiger partial charge in [0.05, 0.1) is 6.61 Å². The third-order valence-corrected chi connectivity index (χ3v) is 11.0. The number of hydrogen-bond acceptors (Lipinski definition) is 5. The van der Waals surface area contributed by atoms with Crippen LogP contribution in [0.25, 0.3) is 0 Å². The maximum atomic E-state index is 12.8. The second-order valence-electron chi connectivity index (χ2n) is 17.0. The zero-order valence-corrected chi connectivity index (χ0v) is 40.0. The van der Waals surface area contributed by atoms with Gasteiger partial charge in [0.25, 0.3) is 0 Å². The molecule has 0 saturated carbocycles. The quantitative estimate of drug-likeness (QED) is 0.0347. The van der Waals surface area contributed by atoms with Crippen molar-refractivity contribution in [3.8, 4) is 0 Å². The van der Waals surface area contributed by atoms with Gasteiger partial charge < -0.3 is 14.2 Å². The van der Waals surface area contributed by atoms with E-state index in [0.29, 0.717) is 19.4 Å². The molecule has 1 atom stereocenters. The fraction of sp³-hybridized carbons (Fsp3) is 0.782. The van der Waals surface area contributed by atoms with Crippen LogP contribution in [0, 0.1) is 0 Å². The number of carbonyl (C=O) groups excluding carboxylic acids is 2. The standard InChI is InChI=1S/C55H98O5/c1-4-7-10-13-16-19-22-25-27-28-29-31-33-36-39-42-45-48-54(56)59-52-53(51-58-50-47-44-41-38-35-32-26-23-20-17-14-11-8-5-2)60-55(57)49-46-43-40-37-34-30-24-21-18-15-12-9-6-3/h7,10,16,19-20,23,25,27,29,31,53H,4-6,8-9,11-15,17-18,21-22,24,26,28,30,32-52H2,1-3H3/b10-7-,19-16-,23-20-,27-25-,31-29-. The minimum absolute atomic E-state index is 0.0716. The van der Waals surface area contributed by atoms with Crippen molar-refractivity contribution >= 4 is 11.9 Å². The molecule has 0 rings (SSSR count). The highest BCUT2D eigenvalue weighted by atomic mass is 16.6. The van der Waals surface area contributed by atoms with Gasteiger partial charge >= 0.3 is 11.9 Å². The summed E-state index contributed by atoms with van der Waals surface area (Å²) >= 11 is 0. The van der Waals surface area contributed by atoms with Crippen LogP contribution in [0.5, 0.6) is 0 Å². The smallest absolute Gasteiger partial charge is 0.306 e. The fourth-order valence-corrected chi connectivity index (χ4v) is 7.20. The van der Waals surface area contributed by atoms with E-state index >= 15 is 0 Å². The van der Waals surface area contributed by atoms with Crippen molar-refractivity contribution in [2.24, 2.45) is 0 Å². The summed E-state index contributed by atoms with van der Waals surface area (Å²) in [6.45, 7) is 7.69. The lowest BCUT2D eigenvalue weighted by Crippen LogP contribution is -2.30. The van der Waals surface area contributed by atoms with E-state index in [2.05, 4.69) is 81.5 Å². The topological polar surface area (TPSA) is 61.8 Å². The molecule has 0 bridgehead atoms. The van der Waals surface area contributed by atoms with Crippen LogP contribution in [-0.2, 0) is 23.8 Å². The molecule has 0 aliphatic heterocycles. The average molecular weight is 839 g/mol. The van der Waals surface area contributed by atoms with Crippen molar-refractivity contribution < 1.29 is 23.8 Å². The Labute approximate surface area is 373 Å². The Morgan fingerprint density at radius 1 is 0.383 bits per heavy atom. The first kappa shape index (κ1) is 57.6. The Morgan fingerprint density at radius 2 is 0.750 bits per heavy atom. The molecule has 0 heterocycles. The first-order valence-electron chi connectivity index (χ1n) is 25.8. The van der Waals surface area contributed by atoms with Gasteiger partial charge in [-0.2, -0.15) is 0 Å². The first-order valence-corrected chi connectivity index (χ1v) is 25.8. The van der Waals surface area contributed by atoms with E-state index < -0.39 is 6.10 Å². The van der Waals surface area contributed by atoms with E-state index in [1.54, 1.807) is 0 Å². The third kappa shape index (κ3) is 48.3. The zero-order chi connectivity index (χ0) is 43.5. The van der Waals surface area contributed by atoms with E-state index in [-0.39, 0.29) is 25.2 Å². The highest BCUT2D eigenvalue weighted by Gasteiger charge is 2.17. The summed E-state index contributed by atoms with van der Waals surface area (Å²) in [5, 5.41) is 0. The fourth-order valence-electron chi connectivity index (χ4n) is 7.20. The highest BCUT2D eigenvalue weighted by molar-refractivity contribution is 5.70. The Balaban J connectivity index is 4.30. The molecule has 0 aromatic heterocycles. The van der Waals surface area contributed by atoms with E-state index in [9.17, 15) is 9.59 Å². The average Bonchev–Trinajstić information content (AvgIpc) is 3.25. The lowest BCUT2D eigenvalue weighted by molar-refractivity contribution is -0.163. The normalized spacial score (nSPS) is 12.7. The minimum Gasteiger partial charge on any atom is -0.462 e. The molecule has 0 fully saturated rings. The number of hydrogen-bond donors (Lipinski definition) is 0. The second-order valence-corrected chi connectivity index (χ2v) is 17.0. The predicted molar refractivity (Wildman–Crippen MR) is 261 cm³/mol. The molecule has 0 aliphatic rings. The molecule has 0 spiro atoms. The summed E-state index contributed by atoms with van der Waals surface area (Å²) < 4.78 is 17.4. The van der Waals surface area contributed by atoms with Crippen LogP contribution < -0.4 is 0 Å². The molecule has 0 N–H and O–H groups in total. The van der Waals surface area contributed by atoms with Gasteiger partial charge in [-0.05, 0) is 83.5 Å². The summed E-state index contributed by atoms with van der Waals surface area (Å²) in [7, 11) is 0. The van der Waals surface area contributed by atoms with Gasteiger partial charge in [0.1, 0.15) is 6.61 Å². The van der Waals surface area contributed by atoms with Gasteiger partial charge in [-0.15, -0.1) is 0 Å². The van der Waals surface area contributed by atoms with Crippen LogP contribution in [0.2, 0.25) is 0 Å². The zero-order valence-electron chi connectivity index (χ0n) is 40.0. The van der Waals surface area contributed by atoms with E-state index in [0.717, 1.165) is 83.5 Å². The second kappa shape index (κ2) is 51.0. The van der Waals surface area contributed by atoms with Gasteiger partial charge in [0.15, 0.2) is 6.10 Å². The van der Waals surface area contributed by atoms with Crippen LogP contribution in [0.3, 0.4) is 0 Å². The van der Waals surface area contributed by atoms with Gasteiger partial charge in [0.2, 0.25) is 0 Å². The van der Waals surface area contributed by atoms with E-state index in [1.165, 1.54) is 135 Å². The molecule has 0 aromatic carbocycles. The lowest BCUT2D eigenvalue weighted by atomic mass is 10.0. The SMILES string of the molecule is CC/C=C\C/C=C\C/C=C\C/C=C\CCCCCCC(=O)OCC(COCCCCCCCC/C=C\CCCCCC)OC(=O)CCCCCCCCCCCCCCC. The largest absolute Gasteiger partial charge is 0.462 e. The Bertz CT molecular complexity index is 1040. The summed E-state index contributed by atoms with van der Waals surface area (Å²) in [6.07, 6.45) is 63.6. The maximum absolute atomic E-state index is 12.8. The van der Waals surface area contributed by atoms with Crippen molar-refractivity contribution in [2.75, 3.05) is 19.8 Å². The number of carbonyl (C=O) groups is 2. The molecule has 0 aliphatic carbocycles. The lowest BCUT2D eigenvalue weighted by Gasteiger charge is -2.18. The minimum atomic E-state index is -0.547. The molecule has 0 amide bonds. The predicted octanol–water partition coefficient (Wildman–Crippen LogP) is 17.3. The highest BCUT2D eigenvalue weighted by Crippen LogP contribution is 2.15. The van der Waals surface area contributed by atoms with Gasteiger partial charge in [0, 0.05) is 19.4 Å². The van der Waals surface area contributed by atoms with Gasteiger partial charge in [-0.3, -0.25) is 9.59 Å². The monoisotopic (exact) mass is 839 g/mol. The maximum Gasteiger partial charge on any atom is 0.306 e. The van der Waals surface area contributed by atoms with Crippen LogP contribution in [-0.4, -0.2) is 37.9 Å². The third-order valence-electron chi connectivity index (χ3n) is 11.0. The Morgan fingerprint density at radius 3 is 1.23 bits per heavy atom. The molecule has 0 radical (unpaired) electrons. The molecule has 1 unspecified atom stereocenters. The van der Waals surface area contributed by atoms with Gasteiger partial charge in [-0.1, -0.05) is 216 Å². The molecule has 0 aromatic rings. The summed E-state index contributed by atoms with van der Waals surface area (Å²) in [5.74, 6) is -0.420. The van der Waals surface area contributed by atoms with Crippen molar-refractivity contribution in [1.29, 1.82) is 0 Å². The number of unbranched alkanes of at least 4 members (excludes halogenated alkanes) is 26.